The van der Waals surface area contributed by atoms with E-state index in [0.29, 0.717) is 55.8 Å². The van der Waals surface area contributed by atoms with Crippen LogP contribution in [-0.2, 0) is 6.42 Å². The Morgan fingerprint density at radius 1 is 1.16 bits per heavy atom. The van der Waals surface area contributed by atoms with Gasteiger partial charge < -0.3 is 15.0 Å². The van der Waals surface area contributed by atoms with Crippen molar-refractivity contribution in [3.8, 4) is 5.75 Å². The molecule has 1 saturated heterocycles. The molecule has 0 radical (unpaired) electrons. The highest BCUT2D eigenvalue weighted by molar-refractivity contribution is 7.07. The average molecular weight is 437 g/mol. The minimum Gasteiger partial charge on any atom is -0.489 e. The fourth-order valence-corrected chi connectivity index (χ4v) is 4.14. The quantitative estimate of drug-likeness (QED) is 0.615. The molecule has 31 heavy (non-hydrogen) atoms. The second-order valence-electron chi connectivity index (χ2n) is 7.33. The molecule has 4 rings (SSSR count). The van der Waals surface area contributed by atoms with Crippen LogP contribution in [0.3, 0.4) is 0 Å². The lowest BCUT2D eigenvalue weighted by Crippen LogP contribution is -2.42. The molecule has 1 aliphatic heterocycles. The normalized spacial score (nSPS) is 14.3. The first-order valence-electron chi connectivity index (χ1n) is 10.3. The van der Waals surface area contributed by atoms with Gasteiger partial charge in [0.15, 0.2) is 0 Å². The molecule has 8 heteroatoms. The minimum atomic E-state index is -0.157. The van der Waals surface area contributed by atoms with Gasteiger partial charge in [-0.15, -0.1) is 11.3 Å². The zero-order valence-corrected chi connectivity index (χ0v) is 17.9. The third-order valence-electron chi connectivity index (χ3n) is 5.21. The number of hydrogen-bond donors (Lipinski definition) is 1. The Morgan fingerprint density at radius 3 is 2.74 bits per heavy atom. The van der Waals surface area contributed by atoms with Crippen molar-refractivity contribution in [3.63, 3.8) is 0 Å². The fraction of sp³-hybridized carbons (Fsp3) is 0.304. The number of ether oxygens (including phenoxy) is 1. The fourth-order valence-electron chi connectivity index (χ4n) is 3.55. The molecule has 1 aromatic carbocycles. The molecular weight excluding hydrogens is 412 g/mol. The summed E-state index contributed by atoms with van der Waals surface area (Å²) in [5.41, 5.74) is 3.88. The van der Waals surface area contributed by atoms with Gasteiger partial charge in [0.25, 0.3) is 11.8 Å². The highest BCUT2D eigenvalue weighted by atomic mass is 32.1. The Morgan fingerprint density at radius 2 is 2.00 bits per heavy atom. The number of piperidine rings is 1. The van der Waals surface area contributed by atoms with Crippen LogP contribution in [0.15, 0.2) is 59.7 Å². The van der Waals surface area contributed by atoms with Crippen LogP contribution in [-0.4, -0.2) is 52.4 Å². The summed E-state index contributed by atoms with van der Waals surface area (Å²) in [5.74, 6) is 0.409. The van der Waals surface area contributed by atoms with E-state index in [1.54, 1.807) is 47.4 Å². The zero-order chi connectivity index (χ0) is 21.5. The minimum absolute atomic E-state index is 0.00793. The van der Waals surface area contributed by atoms with Crippen molar-refractivity contribution in [2.75, 3.05) is 19.6 Å². The van der Waals surface area contributed by atoms with E-state index < -0.39 is 0 Å². The first-order chi connectivity index (χ1) is 15.2. The van der Waals surface area contributed by atoms with Gasteiger partial charge in [-0.05, 0) is 24.3 Å². The van der Waals surface area contributed by atoms with Gasteiger partial charge in [-0.25, -0.2) is 4.98 Å². The number of benzene rings is 1. The van der Waals surface area contributed by atoms with Crippen molar-refractivity contribution in [2.24, 2.45) is 0 Å². The summed E-state index contributed by atoms with van der Waals surface area (Å²) in [4.78, 5) is 35.3. The van der Waals surface area contributed by atoms with Gasteiger partial charge in [-0.1, -0.05) is 12.1 Å². The molecule has 7 nitrogen and oxygen atoms in total. The first-order valence-corrected chi connectivity index (χ1v) is 11.3. The van der Waals surface area contributed by atoms with Crippen molar-refractivity contribution in [2.45, 2.75) is 25.4 Å². The van der Waals surface area contributed by atoms with Crippen LogP contribution in [0.25, 0.3) is 0 Å². The van der Waals surface area contributed by atoms with Gasteiger partial charge in [-0.3, -0.25) is 14.6 Å². The molecule has 2 aromatic heterocycles. The number of para-hydroxylation sites is 1. The Labute approximate surface area is 185 Å². The van der Waals surface area contributed by atoms with Gasteiger partial charge in [0.05, 0.1) is 22.3 Å². The van der Waals surface area contributed by atoms with Crippen molar-refractivity contribution in [3.05, 3.63) is 76.5 Å². The maximum atomic E-state index is 12.7. The Hall–Kier alpha value is -3.26. The van der Waals surface area contributed by atoms with Crippen LogP contribution >= 0.6 is 11.3 Å². The predicted molar refractivity (Wildman–Crippen MR) is 118 cm³/mol. The standard InChI is InChI=1S/C23H24N4O3S/c28-22(25-11-7-18-15-31-16-26-18)20-5-1-2-6-21(20)30-19-8-12-27(13-9-19)23(29)17-4-3-10-24-14-17/h1-6,10,14-16,19H,7-9,11-13H2,(H,25,28). The molecule has 0 unspecified atom stereocenters. The number of aromatic nitrogens is 2. The smallest absolute Gasteiger partial charge is 0.255 e. The lowest BCUT2D eigenvalue weighted by Gasteiger charge is -2.32. The summed E-state index contributed by atoms with van der Waals surface area (Å²) in [7, 11) is 0. The number of amides is 2. The van der Waals surface area contributed by atoms with Gasteiger partial charge in [0.2, 0.25) is 0 Å². The molecule has 1 N–H and O–H groups in total. The van der Waals surface area contributed by atoms with Crippen LogP contribution in [0.1, 0.15) is 39.3 Å². The monoisotopic (exact) mass is 436 g/mol. The summed E-state index contributed by atoms with van der Waals surface area (Å²) < 4.78 is 6.17. The zero-order valence-electron chi connectivity index (χ0n) is 17.1. The van der Waals surface area contributed by atoms with Crippen molar-refractivity contribution in [1.82, 2.24) is 20.2 Å². The predicted octanol–water partition coefficient (Wildman–Crippen LogP) is 3.19. The van der Waals surface area contributed by atoms with Crippen LogP contribution < -0.4 is 10.1 Å². The molecular formula is C23H24N4O3S. The van der Waals surface area contributed by atoms with Crippen LogP contribution in [0, 0.1) is 0 Å². The molecule has 160 valence electrons. The number of likely N-dealkylation sites (tertiary alicyclic amines) is 1. The lowest BCUT2D eigenvalue weighted by atomic mass is 10.1. The van der Waals surface area contributed by atoms with E-state index in [9.17, 15) is 9.59 Å². The third kappa shape index (κ3) is 5.46. The first kappa shape index (κ1) is 21.0. The van der Waals surface area contributed by atoms with E-state index >= 15 is 0 Å². The van der Waals surface area contributed by atoms with Gasteiger partial charge in [-0.2, -0.15) is 0 Å². The SMILES string of the molecule is O=C(NCCc1cscn1)c1ccccc1OC1CCN(C(=O)c2cccnc2)CC1. The summed E-state index contributed by atoms with van der Waals surface area (Å²) in [6.45, 7) is 1.74. The topological polar surface area (TPSA) is 84.4 Å². The number of rotatable bonds is 7. The molecule has 3 heterocycles. The Kier molecular flexibility index (Phi) is 6.89. The average Bonchev–Trinajstić information content (AvgIpc) is 3.33. The molecule has 0 aliphatic carbocycles. The molecule has 0 atom stereocenters. The summed E-state index contributed by atoms with van der Waals surface area (Å²) in [6, 6.07) is 10.8. The molecule has 0 bridgehead atoms. The second-order valence-corrected chi connectivity index (χ2v) is 8.05. The molecule has 3 aromatic rings. The van der Waals surface area contributed by atoms with E-state index in [-0.39, 0.29) is 17.9 Å². The molecule has 0 spiro atoms. The maximum absolute atomic E-state index is 12.7. The number of thiazole rings is 1. The molecule has 0 saturated carbocycles. The summed E-state index contributed by atoms with van der Waals surface area (Å²) in [6.07, 6.45) is 5.33. The number of pyridine rings is 1. The van der Waals surface area contributed by atoms with Crippen molar-refractivity contribution >= 4 is 23.2 Å². The Bertz CT molecular complexity index is 1000. The van der Waals surface area contributed by atoms with Gasteiger partial charge in [0.1, 0.15) is 11.9 Å². The number of hydrogen-bond acceptors (Lipinski definition) is 6. The number of nitrogens with zero attached hydrogens (tertiary/aromatic N) is 3. The number of carbonyl (C=O) groups is 2. The highest BCUT2D eigenvalue weighted by Gasteiger charge is 2.26. The van der Waals surface area contributed by atoms with Crippen LogP contribution in [0.4, 0.5) is 0 Å². The van der Waals surface area contributed by atoms with E-state index in [1.165, 1.54) is 0 Å². The van der Waals surface area contributed by atoms with Crippen molar-refractivity contribution < 1.29 is 14.3 Å². The largest absolute Gasteiger partial charge is 0.489 e. The maximum Gasteiger partial charge on any atom is 0.255 e. The van der Waals surface area contributed by atoms with E-state index in [4.69, 9.17) is 4.74 Å². The summed E-state index contributed by atoms with van der Waals surface area (Å²) >= 11 is 1.55. The van der Waals surface area contributed by atoms with Gasteiger partial charge in [0, 0.05) is 56.7 Å². The van der Waals surface area contributed by atoms with Crippen molar-refractivity contribution in [1.29, 1.82) is 0 Å². The highest BCUT2D eigenvalue weighted by Crippen LogP contribution is 2.24. The van der Waals surface area contributed by atoms with Crippen LogP contribution in [0.2, 0.25) is 0 Å². The lowest BCUT2D eigenvalue weighted by molar-refractivity contribution is 0.0593. The molecule has 1 fully saturated rings. The van der Waals surface area contributed by atoms with E-state index in [1.807, 2.05) is 28.5 Å². The number of nitrogens with one attached hydrogen (secondary N) is 1. The Balaban J connectivity index is 1.31. The molecule has 2 amide bonds. The summed E-state index contributed by atoms with van der Waals surface area (Å²) in [5, 5.41) is 4.92. The van der Waals surface area contributed by atoms with Crippen LogP contribution in [0.5, 0.6) is 5.75 Å². The molecule has 1 aliphatic rings. The van der Waals surface area contributed by atoms with Gasteiger partial charge >= 0.3 is 0 Å². The second kappa shape index (κ2) is 10.2. The number of carbonyl (C=O) groups excluding carboxylic acids is 2. The third-order valence-corrected chi connectivity index (χ3v) is 5.85. The van der Waals surface area contributed by atoms with E-state index in [0.717, 1.165) is 5.69 Å². The van der Waals surface area contributed by atoms with E-state index in [2.05, 4.69) is 15.3 Å².